The van der Waals surface area contributed by atoms with Gasteiger partial charge in [0.1, 0.15) is 35.4 Å². The lowest BCUT2D eigenvalue weighted by molar-refractivity contribution is -0.126. The van der Waals surface area contributed by atoms with E-state index in [9.17, 15) is 4.79 Å². The van der Waals surface area contributed by atoms with Gasteiger partial charge in [0.15, 0.2) is 5.89 Å². The van der Waals surface area contributed by atoms with E-state index in [1.54, 1.807) is 36.9 Å². The van der Waals surface area contributed by atoms with Crippen molar-refractivity contribution in [2.75, 3.05) is 6.54 Å². The van der Waals surface area contributed by atoms with Crippen molar-refractivity contribution >= 4 is 12.0 Å². The lowest BCUT2D eigenvalue weighted by Crippen LogP contribution is -2.34. The molecule has 35 heavy (non-hydrogen) atoms. The Kier molecular flexibility index (Phi) is 6.27. The van der Waals surface area contributed by atoms with Crippen molar-refractivity contribution in [2.24, 2.45) is 0 Å². The molecule has 0 saturated carbocycles. The number of hydrogen-bond donors (Lipinski definition) is 1. The zero-order valence-corrected chi connectivity index (χ0v) is 20.1. The van der Waals surface area contributed by atoms with E-state index in [4.69, 9.17) is 13.6 Å². The van der Waals surface area contributed by atoms with Crippen LogP contribution in [0.3, 0.4) is 0 Å². The number of rotatable bonds is 7. The maximum absolute atomic E-state index is 12.8. The van der Waals surface area contributed by atoms with E-state index in [2.05, 4.69) is 21.0 Å². The summed E-state index contributed by atoms with van der Waals surface area (Å²) in [4.78, 5) is 26.8. The molecule has 8 nitrogen and oxygen atoms in total. The molecule has 3 aromatic heterocycles. The number of hydrogen-bond acceptors (Lipinski definition) is 6. The number of nitrogens with one attached hydrogen (secondary N) is 1. The molecule has 0 aliphatic carbocycles. The predicted octanol–water partition coefficient (Wildman–Crippen LogP) is 5.27. The van der Waals surface area contributed by atoms with Crippen LogP contribution in [0, 0.1) is 6.92 Å². The van der Waals surface area contributed by atoms with Crippen molar-refractivity contribution in [3.63, 3.8) is 0 Å². The summed E-state index contributed by atoms with van der Waals surface area (Å²) in [5.74, 6) is 3.69. The highest BCUT2D eigenvalue weighted by Crippen LogP contribution is 2.34. The maximum Gasteiger partial charge on any atom is 0.246 e. The Labute approximate surface area is 203 Å². The van der Waals surface area contributed by atoms with Crippen LogP contribution in [0.25, 0.3) is 17.5 Å². The van der Waals surface area contributed by atoms with Gasteiger partial charge in [0.25, 0.3) is 0 Å². The first-order chi connectivity index (χ1) is 17.0. The second-order valence-electron chi connectivity index (χ2n) is 8.91. The topological polar surface area (TPSA) is 97.4 Å². The lowest BCUT2D eigenvalue weighted by atomic mass is 9.96. The summed E-state index contributed by atoms with van der Waals surface area (Å²) in [6.45, 7) is 7.42. The number of carbonyl (C=O) groups excluding carboxylic acids is 1. The van der Waals surface area contributed by atoms with Gasteiger partial charge in [-0.15, -0.1) is 0 Å². The summed E-state index contributed by atoms with van der Waals surface area (Å²) in [5, 5.41) is 0. The highest BCUT2D eigenvalue weighted by Gasteiger charge is 2.23. The first-order valence-electron chi connectivity index (χ1n) is 11.7. The smallest absolute Gasteiger partial charge is 0.246 e. The molecule has 1 aliphatic rings. The number of nitrogens with zero attached hydrogens (tertiary/aromatic N) is 3. The molecule has 0 radical (unpaired) electrons. The van der Waals surface area contributed by atoms with Crippen LogP contribution >= 0.6 is 0 Å². The highest BCUT2D eigenvalue weighted by atomic mass is 16.5. The van der Waals surface area contributed by atoms with E-state index in [1.807, 2.05) is 37.8 Å². The van der Waals surface area contributed by atoms with Gasteiger partial charge in [-0.1, -0.05) is 13.8 Å². The zero-order valence-electron chi connectivity index (χ0n) is 20.1. The summed E-state index contributed by atoms with van der Waals surface area (Å²) in [6.07, 6.45) is 9.10. The van der Waals surface area contributed by atoms with Crippen LogP contribution in [0.4, 0.5) is 0 Å². The molecule has 1 aromatic carbocycles. The number of amides is 1. The van der Waals surface area contributed by atoms with Gasteiger partial charge in [0, 0.05) is 37.5 Å². The monoisotopic (exact) mass is 472 g/mol. The molecule has 4 heterocycles. The summed E-state index contributed by atoms with van der Waals surface area (Å²) < 4.78 is 17.3. The van der Waals surface area contributed by atoms with Crippen LogP contribution in [0.1, 0.15) is 54.0 Å². The largest absolute Gasteiger partial charge is 0.486 e. The molecule has 1 amide bonds. The third kappa shape index (κ3) is 4.91. The molecule has 1 N–H and O–H groups in total. The number of fused-ring (bicyclic) bond motifs is 1. The van der Waals surface area contributed by atoms with E-state index in [-0.39, 0.29) is 18.4 Å². The molecule has 0 fully saturated rings. The number of furan rings is 1. The standard InChI is InChI=1S/C27H28N4O4/c1-17(2)27-30-23(18(3)35-27)16-34-24-14-20-15-31(25(32)7-6-21-5-4-12-33-21)11-8-19(20)13-22(24)26-28-9-10-29-26/h4-7,9-10,12-14,17H,8,11,15-16H2,1-3H3,(H,28,29)/b7-6+. The number of H-pyrrole nitrogens is 1. The van der Waals surface area contributed by atoms with Crippen molar-refractivity contribution in [3.8, 4) is 17.1 Å². The van der Waals surface area contributed by atoms with E-state index < -0.39 is 0 Å². The minimum atomic E-state index is -0.0518. The van der Waals surface area contributed by atoms with Crippen LogP contribution < -0.4 is 4.74 Å². The summed E-state index contributed by atoms with van der Waals surface area (Å²) in [7, 11) is 0. The fraction of sp³-hybridized carbons (Fsp3) is 0.296. The van der Waals surface area contributed by atoms with Gasteiger partial charge in [-0.25, -0.2) is 9.97 Å². The van der Waals surface area contributed by atoms with Crippen molar-refractivity contribution in [1.29, 1.82) is 0 Å². The van der Waals surface area contributed by atoms with Gasteiger partial charge in [-0.2, -0.15) is 0 Å². The Morgan fingerprint density at radius 1 is 1.31 bits per heavy atom. The molecule has 0 saturated heterocycles. The van der Waals surface area contributed by atoms with Crippen LogP contribution in [0.15, 0.2) is 57.8 Å². The van der Waals surface area contributed by atoms with Crippen LogP contribution in [0.5, 0.6) is 5.75 Å². The van der Waals surface area contributed by atoms with Crippen molar-refractivity contribution < 1.29 is 18.4 Å². The second kappa shape index (κ2) is 9.66. The maximum atomic E-state index is 12.8. The third-order valence-electron chi connectivity index (χ3n) is 6.08. The molecular formula is C27H28N4O4. The molecule has 0 spiro atoms. The van der Waals surface area contributed by atoms with Crippen molar-refractivity contribution in [2.45, 2.75) is 46.3 Å². The first kappa shape index (κ1) is 22.7. The third-order valence-corrected chi connectivity index (χ3v) is 6.08. The Morgan fingerprint density at radius 3 is 2.91 bits per heavy atom. The van der Waals surface area contributed by atoms with E-state index >= 15 is 0 Å². The normalized spacial score (nSPS) is 13.5. The number of ether oxygens (including phenoxy) is 1. The van der Waals surface area contributed by atoms with Gasteiger partial charge in [-0.05, 0) is 54.8 Å². The number of imidazole rings is 1. The molecule has 5 rings (SSSR count). The lowest BCUT2D eigenvalue weighted by Gasteiger charge is -2.29. The minimum absolute atomic E-state index is 0.0518. The van der Waals surface area contributed by atoms with E-state index in [0.717, 1.165) is 34.8 Å². The summed E-state index contributed by atoms with van der Waals surface area (Å²) in [5.41, 5.74) is 3.90. The average molecular weight is 473 g/mol. The van der Waals surface area contributed by atoms with Crippen LogP contribution in [0.2, 0.25) is 0 Å². The minimum Gasteiger partial charge on any atom is -0.486 e. The number of carbonyl (C=O) groups is 1. The molecule has 4 aromatic rings. The van der Waals surface area contributed by atoms with E-state index in [1.165, 1.54) is 5.56 Å². The summed E-state index contributed by atoms with van der Waals surface area (Å²) >= 11 is 0. The average Bonchev–Trinajstić information content (AvgIpc) is 3.63. The molecule has 180 valence electrons. The van der Waals surface area contributed by atoms with Crippen molar-refractivity contribution in [1.82, 2.24) is 19.9 Å². The van der Waals surface area contributed by atoms with Gasteiger partial charge in [-0.3, -0.25) is 4.79 Å². The van der Waals surface area contributed by atoms with Gasteiger partial charge in [0.05, 0.1) is 11.8 Å². The highest BCUT2D eigenvalue weighted by molar-refractivity contribution is 5.91. The fourth-order valence-corrected chi connectivity index (χ4v) is 4.11. The number of benzene rings is 1. The van der Waals surface area contributed by atoms with Gasteiger partial charge in [0.2, 0.25) is 5.91 Å². The fourth-order valence-electron chi connectivity index (χ4n) is 4.11. The first-order valence-corrected chi connectivity index (χ1v) is 11.7. The van der Waals surface area contributed by atoms with Crippen LogP contribution in [-0.2, 0) is 24.4 Å². The molecule has 0 bridgehead atoms. The van der Waals surface area contributed by atoms with Crippen LogP contribution in [-0.4, -0.2) is 32.3 Å². The predicted molar refractivity (Wildman–Crippen MR) is 131 cm³/mol. The Bertz CT molecular complexity index is 1330. The molecule has 1 aliphatic heterocycles. The molecule has 0 unspecified atom stereocenters. The summed E-state index contributed by atoms with van der Waals surface area (Å²) in [6, 6.07) is 7.74. The molecule has 0 atom stereocenters. The number of aromatic amines is 1. The van der Waals surface area contributed by atoms with E-state index in [0.29, 0.717) is 30.5 Å². The zero-order chi connectivity index (χ0) is 24.4. The number of oxazole rings is 1. The Balaban J connectivity index is 1.39. The Hall–Kier alpha value is -4.07. The quantitative estimate of drug-likeness (QED) is 0.368. The number of aryl methyl sites for hydroxylation is 1. The van der Waals surface area contributed by atoms with Gasteiger partial charge >= 0.3 is 0 Å². The molecular weight excluding hydrogens is 444 g/mol. The van der Waals surface area contributed by atoms with Gasteiger partial charge < -0.3 is 23.5 Å². The number of aromatic nitrogens is 3. The van der Waals surface area contributed by atoms with Crippen molar-refractivity contribution in [3.05, 3.63) is 83.2 Å². The SMILES string of the molecule is Cc1oc(C(C)C)nc1COc1cc2c(cc1-c1ncc[nH]1)CCN(C(=O)/C=C/c1ccco1)C2. The Morgan fingerprint density at radius 2 is 2.20 bits per heavy atom. The molecule has 8 heteroatoms. The second-order valence-corrected chi connectivity index (χ2v) is 8.91.